The molecule has 4 rings (SSSR count). The van der Waals surface area contributed by atoms with Crippen molar-refractivity contribution in [3.8, 4) is 5.69 Å². The zero-order valence-corrected chi connectivity index (χ0v) is 17.8. The van der Waals surface area contributed by atoms with E-state index >= 15 is 0 Å². The second-order valence-electron chi connectivity index (χ2n) is 8.32. The van der Waals surface area contributed by atoms with Crippen LogP contribution in [0, 0.1) is 13.8 Å². The Hall–Kier alpha value is -2.34. The average Bonchev–Trinajstić information content (AvgIpc) is 2.92. The molecule has 0 unspecified atom stereocenters. The van der Waals surface area contributed by atoms with Crippen molar-refractivity contribution in [2.24, 2.45) is 0 Å². The summed E-state index contributed by atoms with van der Waals surface area (Å²) in [4.78, 5) is 19.5. The first-order chi connectivity index (χ1) is 14.1. The minimum Gasteiger partial charge on any atom is -0.366 e. The maximum atomic E-state index is 12.7. The number of aryl methyl sites for hydroxylation is 1. The molecule has 2 aliphatic heterocycles. The van der Waals surface area contributed by atoms with E-state index in [2.05, 4.69) is 40.7 Å². The Labute approximate surface area is 174 Å². The van der Waals surface area contributed by atoms with Crippen LogP contribution in [0.5, 0.6) is 0 Å². The highest BCUT2D eigenvalue weighted by Crippen LogP contribution is 2.27. The van der Waals surface area contributed by atoms with Crippen molar-refractivity contribution in [3.63, 3.8) is 0 Å². The molecule has 2 fully saturated rings. The van der Waals surface area contributed by atoms with Gasteiger partial charge in [-0.25, -0.2) is 4.68 Å². The number of carbonyl (C=O) groups is 1. The van der Waals surface area contributed by atoms with Crippen LogP contribution in [0.1, 0.15) is 37.1 Å². The van der Waals surface area contributed by atoms with E-state index in [1.807, 2.05) is 22.9 Å². The van der Waals surface area contributed by atoms with Crippen molar-refractivity contribution in [3.05, 3.63) is 41.7 Å². The Balaban J connectivity index is 1.37. The summed E-state index contributed by atoms with van der Waals surface area (Å²) in [7, 11) is 0. The molecule has 1 aromatic carbocycles. The number of piperazine rings is 1. The molecule has 0 atom stereocenters. The van der Waals surface area contributed by atoms with E-state index in [0.717, 1.165) is 63.5 Å². The van der Waals surface area contributed by atoms with Gasteiger partial charge in [0, 0.05) is 39.3 Å². The molecule has 0 radical (unpaired) electrons. The zero-order valence-electron chi connectivity index (χ0n) is 17.8. The molecule has 1 aromatic heterocycles. The van der Waals surface area contributed by atoms with E-state index in [-0.39, 0.29) is 0 Å². The fraction of sp³-hybridized carbons (Fsp3) is 0.565. The van der Waals surface area contributed by atoms with Gasteiger partial charge < -0.3 is 9.80 Å². The fourth-order valence-electron chi connectivity index (χ4n) is 4.65. The minimum atomic E-state index is 0.310. The summed E-state index contributed by atoms with van der Waals surface area (Å²) in [5.41, 5.74) is 4.59. The van der Waals surface area contributed by atoms with Crippen molar-refractivity contribution >= 4 is 11.6 Å². The minimum absolute atomic E-state index is 0.310. The van der Waals surface area contributed by atoms with Crippen LogP contribution in [0.2, 0.25) is 0 Å². The van der Waals surface area contributed by atoms with Gasteiger partial charge in [-0.2, -0.15) is 5.10 Å². The van der Waals surface area contributed by atoms with Gasteiger partial charge in [-0.15, -0.1) is 0 Å². The van der Waals surface area contributed by atoms with Gasteiger partial charge in [0.2, 0.25) is 5.91 Å². The molecule has 3 heterocycles. The van der Waals surface area contributed by atoms with E-state index < -0.39 is 0 Å². The lowest BCUT2D eigenvalue weighted by Gasteiger charge is -2.36. The third-order valence-electron chi connectivity index (χ3n) is 6.26. The van der Waals surface area contributed by atoms with Crippen LogP contribution in [0.25, 0.3) is 5.69 Å². The van der Waals surface area contributed by atoms with Gasteiger partial charge >= 0.3 is 0 Å². The van der Waals surface area contributed by atoms with Crippen molar-refractivity contribution in [2.45, 2.75) is 39.5 Å². The van der Waals surface area contributed by atoms with Crippen LogP contribution in [0.4, 0.5) is 5.69 Å². The summed E-state index contributed by atoms with van der Waals surface area (Å²) in [6, 6.07) is 10.3. The molecule has 0 saturated carbocycles. The molecule has 2 saturated heterocycles. The van der Waals surface area contributed by atoms with Crippen molar-refractivity contribution in [1.29, 1.82) is 0 Å². The second-order valence-corrected chi connectivity index (χ2v) is 8.32. The summed E-state index contributed by atoms with van der Waals surface area (Å²) in [6.07, 6.45) is 4.84. The lowest BCUT2D eigenvalue weighted by Crippen LogP contribution is -2.50. The maximum absolute atomic E-state index is 12.7. The number of nitrogens with zero attached hydrogens (tertiary/aromatic N) is 5. The number of amides is 1. The highest BCUT2D eigenvalue weighted by Gasteiger charge is 2.25. The van der Waals surface area contributed by atoms with Gasteiger partial charge in [0.05, 0.1) is 29.3 Å². The summed E-state index contributed by atoms with van der Waals surface area (Å²) >= 11 is 0. The van der Waals surface area contributed by atoms with Gasteiger partial charge in [0.1, 0.15) is 0 Å². The monoisotopic (exact) mass is 395 g/mol. The van der Waals surface area contributed by atoms with Crippen molar-refractivity contribution in [1.82, 2.24) is 19.6 Å². The quantitative estimate of drug-likeness (QED) is 0.798. The van der Waals surface area contributed by atoms with Crippen LogP contribution >= 0.6 is 0 Å². The van der Waals surface area contributed by atoms with E-state index in [9.17, 15) is 4.79 Å². The van der Waals surface area contributed by atoms with Crippen molar-refractivity contribution in [2.75, 3.05) is 50.7 Å². The Morgan fingerprint density at radius 1 is 0.897 bits per heavy atom. The number of hydrogen-bond donors (Lipinski definition) is 0. The summed E-state index contributed by atoms with van der Waals surface area (Å²) in [5.74, 6) is 0.310. The zero-order chi connectivity index (χ0) is 20.2. The number of aromatic nitrogens is 2. The third kappa shape index (κ3) is 4.47. The van der Waals surface area contributed by atoms with Crippen LogP contribution in [-0.4, -0.2) is 71.3 Å². The molecule has 0 aliphatic carbocycles. The Morgan fingerprint density at radius 3 is 2.21 bits per heavy atom. The van der Waals surface area contributed by atoms with E-state index in [4.69, 9.17) is 5.10 Å². The van der Waals surface area contributed by atoms with Crippen LogP contribution in [0.15, 0.2) is 30.3 Å². The standard InChI is InChI=1S/C23H33N5O/c1-19-23(20(2)28(24-19)21-10-6-5-7-11-21)27-16-14-25(15-17-27)18-22(29)26-12-8-3-4-9-13-26/h5-7,10-11H,3-4,8-9,12-18H2,1-2H3. The second kappa shape index (κ2) is 8.99. The number of carbonyl (C=O) groups excluding carboxylic acids is 1. The number of benzene rings is 1. The van der Waals surface area contributed by atoms with Gasteiger partial charge in [-0.1, -0.05) is 31.0 Å². The molecule has 0 N–H and O–H groups in total. The molecule has 6 heteroatoms. The van der Waals surface area contributed by atoms with Gasteiger partial charge in [0.15, 0.2) is 0 Å². The fourth-order valence-corrected chi connectivity index (χ4v) is 4.65. The van der Waals surface area contributed by atoms with Crippen LogP contribution < -0.4 is 4.90 Å². The molecule has 2 aromatic rings. The number of hydrogen-bond acceptors (Lipinski definition) is 4. The molecular weight excluding hydrogens is 362 g/mol. The lowest BCUT2D eigenvalue weighted by molar-refractivity contribution is -0.132. The van der Waals surface area contributed by atoms with Gasteiger partial charge in [-0.3, -0.25) is 9.69 Å². The number of para-hydroxylation sites is 1. The largest absolute Gasteiger partial charge is 0.366 e. The predicted octanol–water partition coefficient (Wildman–Crippen LogP) is 3.01. The Bertz CT molecular complexity index is 815. The first-order valence-electron chi connectivity index (χ1n) is 11.0. The highest BCUT2D eigenvalue weighted by molar-refractivity contribution is 5.78. The summed E-state index contributed by atoms with van der Waals surface area (Å²) < 4.78 is 2.04. The molecule has 1 amide bonds. The summed E-state index contributed by atoms with van der Waals surface area (Å²) in [5, 5.41) is 4.79. The third-order valence-corrected chi connectivity index (χ3v) is 6.26. The molecule has 156 valence electrons. The normalized spacial score (nSPS) is 18.7. The van der Waals surface area contributed by atoms with E-state index in [0.29, 0.717) is 12.5 Å². The molecular formula is C23H33N5O. The topological polar surface area (TPSA) is 44.6 Å². The van der Waals surface area contributed by atoms with Crippen LogP contribution in [-0.2, 0) is 4.79 Å². The highest BCUT2D eigenvalue weighted by atomic mass is 16.2. The molecule has 29 heavy (non-hydrogen) atoms. The molecule has 0 spiro atoms. The molecule has 0 bridgehead atoms. The maximum Gasteiger partial charge on any atom is 0.236 e. The Kier molecular flexibility index (Phi) is 6.19. The molecule has 6 nitrogen and oxygen atoms in total. The van der Waals surface area contributed by atoms with Crippen molar-refractivity contribution < 1.29 is 4.79 Å². The lowest BCUT2D eigenvalue weighted by atomic mass is 10.2. The number of rotatable bonds is 4. The average molecular weight is 396 g/mol. The molecule has 2 aliphatic rings. The smallest absolute Gasteiger partial charge is 0.236 e. The number of likely N-dealkylation sites (tertiary alicyclic amines) is 1. The summed E-state index contributed by atoms with van der Waals surface area (Å²) in [6.45, 7) is 10.4. The van der Waals surface area contributed by atoms with E-state index in [1.165, 1.54) is 24.2 Å². The number of anilines is 1. The first kappa shape index (κ1) is 20.0. The van der Waals surface area contributed by atoms with Crippen LogP contribution in [0.3, 0.4) is 0 Å². The Morgan fingerprint density at radius 2 is 1.55 bits per heavy atom. The SMILES string of the molecule is Cc1nn(-c2ccccc2)c(C)c1N1CCN(CC(=O)N2CCCCCC2)CC1. The first-order valence-corrected chi connectivity index (χ1v) is 11.0. The predicted molar refractivity (Wildman–Crippen MR) is 117 cm³/mol. The van der Waals surface area contributed by atoms with Gasteiger partial charge in [-0.05, 0) is 38.8 Å². The van der Waals surface area contributed by atoms with E-state index in [1.54, 1.807) is 0 Å². The van der Waals surface area contributed by atoms with Gasteiger partial charge in [0.25, 0.3) is 0 Å².